The maximum Gasteiger partial charge on any atom is 0.343 e. The smallest absolute Gasteiger partial charge is 0.343 e. The van der Waals surface area contributed by atoms with Gasteiger partial charge in [0.2, 0.25) is 0 Å². The Bertz CT molecular complexity index is 1020. The first-order chi connectivity index (χ1) is 12.6. The van der Waals surface area contributed by atoms with Crippen molar-refractivity contribution in [1.82, 2.24) is 34.5 Å². The van der Waals surface area contributed by atoms with Gasteiger partial charge in [0.05, 0.1) is 19.3 Å². The normalized spacial score (nSPS) is 22.1. The van der Waals surface area contributed by atoms with Gasteiger partial charge < -0.3 is 9.64 Å². The van der Waals surface area contributed by atoms with E-state index in [1.165, 1.54) is 0 Å². The molecule has 2 aliphatic rings. The maximum atomic E-state index is 11.9. The third-order valence-corrected chi connectivity index (χ3v) is 5.02. The van der Waals surface area contributed by atoms with Gasteiger partial charge in [-0.05, 0) is 18.9 Å². The molecular formula is C16H18N8O2. The molecule has 1 unspecified atom stereocenters. The van der Waals surface area contributed by atoms with E-state index in [0.717, 1.165) is 30.2 Å². The maximum absolute atomic E-state index is 11.9. The van der Waals surface area contributed by atoms with E-state index in [2.05, 4.69) is 30.2 Å². The number of aromatic amines is 1. The summed E-state index contributed by atoms with van der Waals surface area (Å²) >= 11 is 0. The number of hydrogen-bond donors (Lipinski definition) is 1. The molecule has 1 spiro atoms. The highest BCUT2D eigenvalue weighted by molar-refractivity contribution is 5.45. The Hall–Kier alpha value is -3.01. The fraction of sp³-hybridized carbons (Fsp3) is 0.438. The minimum atomic E-state index is -0.395. The van der Waals surface area contributed by atoms with Crippen molar-refractivity contribution in [3.05, 3.63) is 46.7 Å². The molecule has 3 aromatic heterocycles. The number of aromatic nitrogens is 7. The molecule has 0 bridgehead atoms. The topological polar surface area (TPSA) is 107 Å². The average Bonchev–Trinajstić information content (AvgIpc) is 3.36. The third-order valence-electron chi connectivity index (χ3n) is 5.02. The van der Waals surface area contributed by atoms with Crippen LogP contribution in [0.5, 0.6) is 0 Å². The highest BCUT2D eigenvalue weighted by Gasteiger charge is 2.43. The second-order valence-corrected chi connectivity index (χ2v) is 6.87. The Kier molecular flexibility index (Phi) is 3.23. The number of aryl methyl sites for hydroxylation is 1. The summed E-state index contributed by atoms with van der Waals surface area (Å²) in [6, 6.07) is 1.92. The monoisotopic (exact) mass is 354 g/mol. The molecule has 26 heavy (non-hydrogen) atoms. The van der Waals surface area contributed by atoms with Crippen LogP contribution in [0, 0.1) is 6.92 Å². The number of fused-ring (bicyclic) bond motifs is 1. The lowest BCUT2D eigenvalue weighted by atomic mass is 10.0. The number of hydrogen-bond acceptors (Lipinski definition) is 7. The van der Waals surface area contributed by atoms with E-state index >= 15 is 0 Å². The van der Waals surface area contributed by atoms with Crippen molar-refractivity contribution in [2.45, 2.75) is 32.1 Å². The van der Waals surface area contributed by atoms with Crippen molar-refractivity contribution in [3.63, 3.8) is 0 Å². The van der Waals surface area contributed by atoms with E-state index in [9.17, 15) is 4.79 Å². The third kappa shape index (κ3) is 2.41. The molecular weight excluding hydrogens is 336 g/mol. The summed E-state index contributed by atoms with van der Waals surface area (Å²) < 4.78 is 9.50. The molecule has 5 heterocycles. The predicted molar refractivity (Wildman–Crippen MR) is 91.1 cm³/mol. The number of rotatable bonds is 2. The van der Waals surface area contributed by atoms with Gasteiger partial charge in [0, 0.05) is 18.8 Å². The Morgan fingerprint density at radius 3 is 3.00 bits per heavy atom. The fourth-order valence-electron chi connectivity index (χ4n) is 3.64. The van der Waals surface area contributed by atoms with Gasteiger partial charge in [-0.25, -0.2) is 24.5 Å². The molecule has 0 radical (unpaired) electrons. The van der Waals surface area contributed by atoms with Gasteiger partial charge in [0.1, 0.15) is 24.4 Å². The van der Waals surface area contributed by atoms with Crippen molar-refractivity contribution in [1.29, 1.82) is 0 Å². The van der Waals surface area contributed by atoms with Gasteiger partial charge in [0.15, 0.2) is 11.6 Å². The fourth-order valence-corrected chi connectivity index (χ4v) is 3.64. The summed E-state index contributed by atoms with van der Waals surface area (Å²) in [5.74, 6) is 2.20. The second kappa shape index (κ2) is 5.49. The van der Waals surface area contributed by atoms with Gasteiger partial charge >= 0.3 is 5.69 Å². The van der Waals surface area contributed by atoms with Crippen LogP contribution in [0.15, 0.2) is 29.6 Å². The molecule has 0 aromatic carbocycles. The minimum absolute atomic E-state index is 0.181. The summed E-state index contributed by atoms with van der Waals surface area (Å²) in [5.41, 5.74) is 0.496. The molecule has 3 aromatic rings. The van der Waals surface area contributed by atoms with Crippen LogP contribution in [-0.4, -0.2) is 53.2 Å². The van der Waals surface area contributed by atoms with Crippen molar-refractivity contribution in [2.75, 3.05) is 18.0 Å². The average molecular weight is 354 g/mol. The molecule has 0 saturated carbocycles. The molecule has 0 aliphatic carbocycles. The van der Waals surface area contributed by atoms with Crippen LogP contribution >= 0.6 is 0 Å². The molecule has 2 aliphatic heterocycles. The Morgan fingerprint density at radius 1 is 1.27 bits per heavy atom. The molecule has 134 valence electrons. The van der Waals surface area contributed by atoms with Gasteiger partial charge in [-0.15, -0.1) is 0 Å². The van der Waals surface area contributed by atoms with Crippen LogP contribution < -0.4 is 10.6 Å². The first kappa shape index (κ1) is 15.3. The standard InChI is InChI=1S/C16H18N8O2/c1-11-5-19-24(6-11)13-4-12(17-10-18-13)22-3-2-16(8-22)9-23-14(7-26-16)20-21-15(23)25/h4-6,10H,2-3,7-9H2,1H3,(H,21,25). The lowest BCUT2D eigenvalue weighted by molar-refractivity contribution is -0.0759. The van der Waals surface area contributed by atoms with Crippen LogP contribution in [0.1, 0.15) is 17.8 Å². The van der Waals surface area contributed by atoms with Gasteiger partial charge in [-0.3, -0.25) is 4.57 Å². The van der Waals surface area contributed by atoms with E-state index < -0.39 is 5.60 Å². The molecule has 1 saturated heterocycles. The number of anilines is 1. The first-order valence-electron chi connectivity index (χ1n) is 8.49. The van der Waals surface area contributed by atoms with E-state index in [4.69, 9.17) is 4.74 Å². The summed E-state index contributed by atoms with van der Waals surface area (Å²) in [7, 11) is 0. The molecule has 0 amide bonds. The molecule has 10 heteroatoms. The minimum Gasteiger partial charge on any atom is -0.363 e. The largest absolute Gasteiger partial charge is 0.363 e. The van der Waals surface area contributed by atoms with Gasteiger partial charge in [-0.1, -0.05) is 0 Å². The number of nitrogens with one attached hydrogen (secondary N) is 1. The van der Waals surface area contributed by atoms with Gasteiger partial charge in [-0.2, -0.15) is 10.2 Å². The highest BCUT2D eigenvalue weighted by Crippen LogP contribution is 2.33. The van der Waals surface area contributed by atoms with Crippen LogP contribution in [-0.2, 0) is 17.9 Å². The zero-order valence-electron chi connectivity index (χ0n) is 14.3. The van der Waals surface area contributed by atoms with Gasteiger partial charge in [0.25, 0.3) is 0 Å². The summed E-state index contributed by atoms with van der Waals surface area (Å²) in [6.07, 6.45) is 6.09. The number of nitrogens with zero attached hydrogens (tertiary/aromatic N) is 7. The predicted octanol–water partition coefficient (Wildman–Crippen LogP) is 0.0348. The zero-order valence-corrected chi connectivity index (χ0v) is 14.3. The van der Waals surface area contributed by atoms with Crippen LogP contribution in [0.2, 0.25) is 0 Å². The van der Waals surface area contributed by atoms with Crippen LogP contribution in [0.3, 0.4) is 0 Å². The number of H-pyrrole nitrogens is 1. The summed E-state index contributed by atoms with van der Waals surface area (Å²) in [5, 5.41) is 10.8. The first-order valence-corrected chi connectivity index (χ1v) is 8.49. The second-order valence-electron chi connectivity index (χ2n) is 6.87. The molecule has 5 rings (SSSR count). The zero-order chi connectivity index (χ0) is 17.7. The summed E-state index contributed by atoms with van der Waals surface area (Å²) in [6.45, 7) is 4.30. The molecule has 1 atom stereocenters. The van der Waals surface area contributed by atoms with Crippen molar-refractivity contribution >= 4 is 5.82 Å². The van der Waals surface area contributed by atoms with E-state index in [1.54, 1.807) is 21.8 Å². The SMILES string of the molecule is Cc1cnn(-c2cc(N3CCC4(C3)Cn3c(n[nH]c3=O)CO4)ncn2)c1. The number of ether oxygens (including phenoxy) is 1. The Labute approximate surface area is 148 Å². The Morgan fingerprint density at radius 2 is 2.15 bits per heavy atom. The molecule has 1 N–H and O–H groups in total. The van der Waals surface area contributed by atoms with Crippen molar-refractivity contribution < 1.29 is 4.74 Å². The van der Waals surface area contributed by atoms with Crippen LogP contribution in [0.25, 0.3) is 5.82 Å². The highest BCUT2D eigenvalue weighted by atomic mass is 16.5. The summed E-state index contributed by atoms with van der Waals surface area (Å²) in [4.78, 5) is 22.8. The Balaban J connectivity index is 1.40. The quantitative estimate of drug-likeness (QED) is 0.692. The lowest BCUT2D eigenvalue weighted by Crippen LogP contribution is -2.46. The van der Waals surface area contributed by atoms with E-state index in [-0.39, 0.29) is 5.69 Å². The lowest BCUT2D eigenvalue weighted by Gasteiger charge is -2.33. The molecule has 1 fully saturated rings. The van der Waals surface area contributed by atoms with Crippen molar-refractivity contribution in [3.8, 4) is 5.82 Å². The van der Waals surface area contributed by atoms with E-state index in [0.29, 0.717) is 25.5 Å². The van der Waals surface area contributed by atoms with E-state index in [1.807, 2.05) is 19.2 Å². The van der Waals surface area contributed by atoms with Crippen LogP contribution in [0.4, 0.5) is 5.82 Å². The van der Waals surface area contributed by atoms with Crippen molar-refractivity contribution in [2.24, 2.45) is 0 Å². The molecule has 10 nitrogen and oxygen atoms in total.